The van der Waals surface area contributed by atoms with Crippen LogP contribution in [0.25, 0.3) is 5.57 Å². The molecule has 2 aliphatic heterocycles. The highest BCUT2D eigenvalue weighted by Crippen LogP contribution is 2.46. The van der Waals surface area contributed by atoms with Crippen LogP contribution in [0.4, 0.5) is 5.69 Å². The van der Waals surface area contributed by atoms with E-state index in [4.69, 9.17) is 5.73 Å². The summed E-state index contributed by atoms with van der Waals surface area (Å²) in [5.74, 6) is 0. The molecule has 1 aliphatic carbocycles. The van der Waals surface area contributed by atoms with Crippen LogP contribution in [0, 0.1) is 0 Å². The monoisotopic (exact) mass is 349 g/mol. The Hall–Kier alpha value is -2.16. The summed E-state index contributed by atoms with van der Waals surface area (Å²) >= 11 is 0. The van der Waals surface area contributed by atoms with Crippen LogP contribution in [0.2, 0.25) is 0 Å². The summed E-state index contributed by atoms with van der Waals surface area (Å²) in [6.07, 6.45) is 9.43. The van der Waals surface area contributed by atoms with Crippen LogP contribution in [0.5, 0.6) is 0 Å². The molecule has 3 N–H and O–H groups in total. The summed E-state index contributed by atoms with van der Waals surface area (Å²) in [7, 11) is 0. The number of rotatable bonds is 4. The van der Waals surface area contributed by atoms with E-state index in [1.807, 2.05) is 0 Å². The van der Waals surface area contributed by atoms with Crippen LogP contribution in [0.3, 0.4) is 0 Å². The molecule has 4 rings (SSSR count). The van der Waals surface area contributed by atoms with Gasteiger partial charge in [0, 0.05) is 34.8 Å². The molecule has 1 atom stereocenters. The third-order valence-corrected chi connectivity index (χ3v) is 5.97. The van der Waals surface area contributed by atoms with Gasteiger partial charge >= 0.3 is 0 Å². The number of dihydropyridines is 1. The summed E-state index contributed by atoms with van der Waals surface area (Å²) in [6, 6.07) is 6.94. The van der Waals surface area contributed by atoms with Crippen molar-refractivity contribution in [3.63, 3.8) is 0 Å². The average Bonchev–Trinajstić information content (AvgIpc) is 2.95. The summed E-state index contributed by atoms with van der Waals surface area (Å²) in [4.78, 5) is 2.52. The van der Waals surface area contributed by atoms with E-state index in [1.54, 1.807) is 0 Å². The molecule has 2 heterocycles. The highest BCUT2D eigenvalue weighted by molar-refractivity contribution is 5.92. The van der Waals surface area contributed by atoms with Crippen molar-refractivity contribution < 1.29 is 0 Å². The Bertz CT molecular complexity index is 809. The first-order valence-corrected chi connectivity index (χ1v) is 10.1. The van der Waals surface area contributed by atoms with Crippen LogP contribution in [-0.2, 0) is 6.42 Å². The van der Waals surface area contributed by atoms with Gasteiger partial charge in [0.05, 0.1) is 0 Å². The molecule has 0 fully saturated rings. The number of hydrogen-bond acceptors (Lipinski definition) is 3. The zero-order chi connectivity index (χ0) is 18.3. The highest BCUT2D eigenvalue weighted by Gasteiger charge is 2.39. The SMILES string of the molecule is CCc1ccc2c(c1)C1=C(N)C3=C(CCCC3)NC1N2CCC=C(C)C. The standard InChI is InChI=1S/C23H31N3/c1-4-16-11-12-20-18(14-16)21-22(24)17-9-5-6-10-19(17)25-23(21)26(20)13-7-8-15(2)3/h8,11-12,14,23,25H,4-7,9-10,13,24H2,1-3H3. The lowest BCUT2D eigenvalue weighted by molar-refractivity contribution is 0.559. The second-order valence-electron chi connectivity index (χ2n) is 8.01. The Morgan fingerprint density at radius 2 is 2.08 bits per heavy atom. The number of nitrogens with one attached hydrogen (secondary N) is 1. The molecule has 138 valence electrons. The Balaban J connectivity index is 1.78. The number of allylic oxidation sites excluding steroid dienone is 3. The molecule has 1 aromatic carbocycles. The van der Waals surface area contributed by atoms with Crippen LogP contribution in [0.15, 0.2) is 46.8 Å². The van der Waals surface area contributed by atoms with Crippen molar-refractivity contribution in [1.29, 1.82) is 0 Å². The van der Waals surface area contributed by atoms with Crippen LogP contribution in [0.1, 0.15) is 64.0 Å². The van der Waals surface area contributed by atoms with E-state index in [0.717, 1.165) is 37.9 Å². The minimum Gasteiger partial charge on any atom is -0.398 e. The summed E-state index contributed by atoms with van der Waals surface area (Å²) < 4.78 is 0. The molecule has 0 aromatic heterocycles. The van der Waals surface area contributed by atoms with Gasteiger partial charge in [0.25, 0.3) is 0 Å². The second-order valence-corrected chi connectivity index (χ2v) is 8.01. The Morgan fingerprint density at radius 1 is 1.27 bits per heavy atom. The summed E-state index contributed by atoms with van der Waals surface area (Å²) in [5, 5.41) is 3.87. The predicted molar refractivity (Wildman–Crippen MR) is 111 cm³/mol. The maximum atomic E-state index is 6.76. The first-order chi connectivity index (χ1) is 12.6. The van der Waals surface area contributed by atoms with Gasteiger partial charge in [-0.2, -0.15) is 0 Å². The van der Waals surface area contributed by atoms with Crippen molar-refractivity contribution in [1.82, 2.24) is 5.32 Å². The third-order valence-electron chi connectivity index (χ3n) is 5.97. The zero-order valence-electron chi connectivity index (χ0n) is 16.4. The predicted octanol–water partition coefficient (Wildman–Crippen LogP) is 4.85. The van der Waals surface area contributed by atoms with Gasteiger partial charge in [0.1, 0.15) is 6.17 Å². The molecule has 0 saturated carbocycles. The second kappa shape index (κ2) is 6.86. The fraction of sp³-hybridized carbons (Fsp3) is 0.478. The van der Waals surface area contributed by atoms with Gasteiger partial charge < -0.3 is 16.0 Å². The number of anilines is 1. The van der Waals surface area contributed by atoms with Gasteiger partial charge in [-0.3, -0.25) is 0 Å². The summed E-state index contributed by atoms with van der Waals surface area (Å²) in [6.45, 7) is 7.58. The number of fused-ring (bicyclic) bond motifs is 3. The Labute approximate surface area is 157 Å². The quantitative estimate of drug-likeness (QED) is 0.763. The van der Waals surface area contributed by atoms with E-state index in [2.05, 4.69) is 55.3 Å². The largest absolute Gasteiger partial charge is 0.398 e. The van der Waals surface area contributed by atoms with E-state index in [9.17, 15) is 0 Å². The average molecular weight is 350 g/mol. The molecule has 1 aromatic rings. The van der Waals surface area contributed by atoms with Gasteiger partial charge in [0.15, 0.2) is 0 Å². The fourth-order valence-corrected chi connectivity index (χ4v) is 4.59. The minimum absolute atomic E-state index is 0.194. The lowest BCUT2D eigenvalue weighted by Gasteiger charge is -2.36. The molecular weight excluding hydrogens is 318 g/mol. The smallest absolute Gasteiger partial charge is 0.128 e. The Kier molecular flexibility index (Phi) is 4.56. The van der Waals surface area contributed by atoms with E-state index < -0.39 is 0 Å². The van der Waals surface area contributed by atoms with Crippen LogP contribution < -0.4 is 16.0 Å². The number of nitrogens with zero attached hydrogens (tertiary/aromatic N) is 1. The summed E-state index contributed by atoms with van der Waals surface area (Å²) in [5.41, 5.74) is 17.3. The molecule has 3 nitrogen and oxygen atoms in total. The van der Waals surface area contributed by atoms with Gasteiger partial charge in [0.2, 0.25) is 0 Å². The maximum absolute atomic E-state index is 6.76. The molecule has 1 unspecified atom stereocenters. The lowest BCUT2D eigenvalue weighted by Crippen LogP contribution is -2.46. The third kappa shape index (κ3) is 2.84. The topological polar surface area (TPSA) is 41.3 Å². The first kappa shape index (κ1) is 17.3. The van der Waals surface area contributed by atoms with Gasteiger partial charge in [-0.25, -0.2) is 0 Å². The van der Waals surface area contributed by atoms with Crippen molar-refractivity contribution in [2.45, 2.75) is 65.5 Å². The van der Waals surface area contributed by atoms with Crippen molar-refractivity contribution in [3.05, 3.63) is 57.9 Å². The molecule has 0 amide bonds. The van der Waals surface area contributed by atoms with E-state index in [1.165, 1.54) is 52.1 Å². The zero-order valence-corrected chi connectivity index (χ0v) is 16.4. The van der Waals surface area contributed by atoms with Gasteiger partial charge in [-0.15, -0.1) is 0 Å². The van der Waals surface area contributed by atoms with E-state index in [-0.39, 0.29) is 6.17 Å². The Morgan fingerprint density at radius 3 is 2.85 bits per heavy atom. The van der Waals surface area contributed by atoms with Gasteiger partial charge in [-0.1, -0.05) is 24.6 Å². The van der Waals surface area contributed by atoms with Crippen molar-refractivity contribution in [2.24, 2.45) is 5.73 Å². The lowest BCUT2D eigenvalue weighted by atomic mass is 9.87. The van der Waals surface area contributed by atoms with Crippen LogP contribution in [-0.4, -0.2) is 12.7 Å². The number of benzene rings is 1. The van der Waals surface area contributed by atoms with E-state index in [0.29, 0.717) is 0 Å². The van der Waals surface area contributed by atoms with Gasteiger partial charge in [-0.05, 0) is 75.6 Å². The number of aryl methyl sites for hydroxylation is 1. The molecular formula is C23H31N3. The highest BCUT2D eigenvalue weighted by atomic mass is 15.3. The van der Waals surface area contributed by atoms with Crippen molar-refractivity contribution in [3.8, 4) is 0 Å². The van der Waals surface area contributed by atoms with Crippen molar-refractivity contribution in [2.75, 3.05) is 11.4 Å². The molecule has 26 heavy (non-hydrogen) atoms. The van der Waals surface area contributed by atoms with Crippen LogP contribution >= 0.6 is 0 Å². The normalized spacial score (nSPS) is 21.2. The molecule has 0 radical (unpaired) electrons. The molecule has 0 saturated heterocycles. The van der Waals surface area contributed by atoms with E-state index >= 15 is 0 Å². The minimum atomic E-state index is 0.194. The first-order valence-electron chi connectivity index (χ1n) is 10.1. The number of hydrogen-bond donors (Lipinski definition) is 2. The molecule has 0 bridgehead atoms. The fourth-order valence-electron chi connectivity index (χ4n) is 4.59. The molecule has 0 spiro atoms. The molecule has 3 heteroatoms. The molecule has 3 aliphatic rings. The maximum Gasteiger partial charge on any atom is 0.128 e. The van der Waals surface area contributed by atoms with Crippen molar-refractivity contribution >= 4 is 11.3 Å². The number of nitrogens with two attached hydrogens (primary N) is 1.